The van der Waals surface area contributed by atoms with Crippen molar-refractivity contribution < 1.29 is 13.9 Å². The van der Waals surface area contributed by atoms with E-state index < -0.39 is 0 Å². The number of urea groups is 1. The summed E-state index contributed by atoms with van der Waals surface area (Å²) >= 11 is 0. The molecule has 0 saturated carbocycles. The molecule has 7 heteroatoms. The molecule has 0 atom stereocenters. The van der Waals surface area contributed by atoms with E-state index in [1.165, 1.54) is 12.1 Å². The van der Waals surface area contributed by atoms with E-state index in [2.05, 4.69) is 21.3 Å². The quantitative estimate of drug-likeness (QED) is 0.651. The number of nitrogens with one attached hydrogen (secondary N) is 1. The van der Waals surface area contributed by atoms with Gasteiger partial charge in [-0.3, -0.25) is 9.88 Å². The number of benzene rings is 2. The van der Waals surface area contributed by atoms with Crippen molar-refractivity contribution in [1.82, 2.24) is 14.8 Å². The molecule has 1 aliphatic heterocycles. The third-order valence-corrected chi connectivity index (χ3v) is 5.17. The molecule has 2 aromatic carbocycles. The Morgan fingerprint density at radius 1 is 1.00 bits per heavy atom. The molecule has 0 spiro atoms. The summed E-state index contributed by atoms with van der Waals surface area (Å²) in [4.78, 5) is 20.6. The van der Waals surface area contributed by atoms with E-state index in [9.17, 15) is 9.18 Å². The van der Waals surface area contributed by atoms with Gasteiger partial charge in [0.1, 0.15) is 18.2 Å². The van der Waals surface area contributed by atoms with Crippen LogP contribution in [0.3, 0.4) is 0 Å². The predicted octanol–water partition coefficient (Wildman–Crippen LogP) is 4.15. The number of carbonyl (C=O) groups excluding carboxylic acids is 1. The highest BCUT2D eigenvalue weighted by atomic mass is 19.1. The maximum atomic E-state index is 13.3. The van der Waals surface area contributed by atoms with Gasteiger partial charge in [-0.1, -0.05) is 24.3 Å². The highest BCUT2D eigenvalue weighted by molar-refractivity contribution is 5.89. The molecule has 2 amide bonds. The Balaban J connectivity index is 1.25. The molecule has 2 heterocycles. The van der Waals surface area contributed by atoms with E-state index in [4.69, 9.17) is 4.74 Å². The van der Waals surface area contributed by atoms with Crippen LogP contribution >= 0.6 is 0 Å². The molecule has 31 heavy (non-hydrogen) atoms. The molecule has 1 N–H and O–H groups in total. The fraction of sp³-hybridized carbons (Fsp3) is 0.250. The standard InChI is InChI=1S/C24H25FN4O2/c25-21-6-1-5-20(14-21)18-31-23-8-2-4-19(15-23)17-28-10-12-29(13-11-28)24(30)27-22-7-3-9-26-16-22/h1-9,14-16H,10-13,17-18H2,(H,27,30). The van der Waals surface area contributed by atoms with Gasteiger partial charge in [-0.25, -0.2) is 9.18 Å². The molecule has 1 saturated heterocycles. The van der Waals surface area contributed by atoms with Crippen LogP contribution < -0.4 is 10.1 Å². The molecule has 1 aliphatic rings. The van der Waals surface area contributed by atoms with Crippen molar-refractivity contribution >= 4 is 11.7 Å². The second-order valence-electron chi connectivity index (χ2n) is 7.50. The first-order valence-electron chi connectivity index (χ1n) is 10.3. The maximum Gasteiger partial charge on any atom is 0.321 e. The molecule has 160 valence electrons. The van der Waals surface area contributed by atoms with Crippen molar-refractivity contribution in [2.45, 2.75) is 13.2 Å². The largest absolute Gasteiger partial charge is 0.489 e. The predicted molar refractivity (Wildman–Crippen MR) is 117 cm³/mol. The summed E-state index contributed by atoms with van der Waals surface area (Å²) in [6.07, 6.45) is 3.31. The first kappa shape index (κ1) is 20.8. The molecule has 1 aromatic heterocycles. The van der Waals surface area contributed by atoms with Crippen molar-refractivity contribution in [1.29, 1.82) is 0 Å². The Morgan fingerprint density at radius 2 is 1.81 bits per heavy atom. The van der Waals surface area contributed by atoms with Crippen LogP contribution in [0, 0.1) is 5.82 Å². The van der Waals surface area contributed by atoms with Crippen molar-refractivity contribution in [3.8, 4) is 5.75 Å². The third kappa shape index (κ3) is 6.02. The first-order chi connectivity index (χ1) is 15.2. The lowest BCUT2D eigenvalue weighted by atomic mass is 10.2. The van der Waals surface area contributed by atoms with E-state index >= 15 is 0 Å². The van der Waals surface area contributed by atoms with Gasteiger partial charge in [0.2, 0.25) is 0 Å². The van der Waals surface area contributed by atoms with Gasteiger partial charge in [0.25, 0.3) is 0 Å². The number of aromatic nitrogens is 1. The molecule has 6 nitrogen and oxygen atoms in total. The molecule has 0 unspecified atom stereocenters. The van der Waals surface area contributed by atoms with Crippen molar-refractivity contribution in [2.24, 2.45) is 0 Å². The summed E-state index contributed by atoms with van der Waals surface area (Å²) in [5.74, 6) is 0.499. The smallest absolute Gasteiger partial charge is 0.321 e. The molecule has 3 aromatic rings. The van der Waals surface area contributed by atoms with E-state index in [-0.39, 0.29) is 11.8 Å². The lowest BCUT2D eigenvalue weighted by Gasteiger charge is -2.34. The SMILES string of the molecule is O=C(Nc1cccnc1)N1CCN(Cc2cccc(OCc3cccc(F)c3)c2)CC1. The summed E-state index contributed by atoms with van der Waals surface area (Å²) in [5, 5.41) is 2.88. The number of carbonyl (C=O) groups is 1. The average Bonchev–Trinajstić information content (AvgIpc) is 2.79. The van der Waals surface area contributed by atoms with Crippen LogP contribution in [0.1, 0.15) is 11.1 Å². The Kier molecular flexibility index (Phi) is 6.74. The average molecular weight is 420 g/mol. The molecular formula is C24H25FN4O2. The zero-order valence-electron chi connectivity index (χ0n) is 17.2. The van der Waals surface area contributed by atoms with Gasteiger partial charge >= 0.3 is 6.03 Å². The second kappa shape index (κ2) is 10.0. The first-order valence-corrected chi connectivity index (χ1v) is 10.3. The fourth-order valence-electron chi connectivity index (χ4n) is 3.53. The lowest BCUT2D eigenvalue weighted by molar-refractivity contribution is 0.143. The van der Waals surface area contributed by atoms with E-state index in [0.717, 1.165) is 36.5 Å². The minimum atomic E-state index is -0.261. The number of hydrogen-bond donors (Lipinski definition) is 1. The number of halogens is 1. The Hall–Kier alpha value is -3.45. The number of pyridine rings is 1. The minimum Gasteiger partial charge on any atom is -0.489 e. The van der Waals surface area contributed by atoms with Gasteiger partial charge in [0.05, 0.1) is 11.9 Å². The number of ether oxygens (including phenoxy) is 1. The Labute approximate surface area is 181 Å². The fourth-order valence-corrected chi connectivity index (χ4v) is 3.53. The zero-order chi connectivity index (χ0) is 21.5. The van der Waals surface area contributed by atoms with Crippen LogP contribution in [0.2, 0.25) is 0 Å². The molecule has 0 bridgehead atoms. The summed E-state index contributed by atoms with van der Waals surface area (Å²) in [7, 11) is 0. The maximum absolute atomic E-state index is 13.3. The van der Waals surface area contributed by atoms with Crippen molar-refractivity contribution in [3.63, 3.8) is 0 Å². The second-order valence-corrected chi connectivity index (χ2v) is 7.50. The summed E-state index contributed by atoms with van der Waals surface area (Å²) < 4.78 is 19.1. The number of rotatable bonds is 6. The molecule has 0 aliphatic carbocycles. The monoisotopic (exact) mass is 420 g/mol. The van der Waals surface area contributed by atoms with Crippen molar-refractivity contribution in [2.75, 3.05) is 31.5 Å². The zero-order valence-corrected chi connectivity index (χ0v) is 17.2. The van der Waals surface area contributed by atoms with Crippen LogP contribution in [0.25, 0.3) is 0 Å². The highest BCUT2D eigenvalue weighted by Crippen LogP contribution is 2.18. The van der Waals surface area contributed by atoms with Gasteiger partial charge in [-0.15, -0.1) is 0 Å². The van der Waals surface area contributed by atoms with Gasteiger partial charge < -0.3 is 15.0 Å². The topological polar surface area (TPSA) is 57.7 Å². The third-order valence-electron chi connectivity index (χ3n) is 5.17. The van der Waals surface area contributed by atoms with Crippen LogP contribution in [0.4, 0.5) is 14.9 Å². The van der Waals surface area contributed by atoms with Crippen LogP contribution in [-0.2, 0) is 13.2 Å². The summed E-state index contributed by atoms with van der Waals surface area (Å²) in [6, 6.07) is 17.9. The number of nitrogens with zero attached hydrogens (tertiary/aromatic N) is 3. The van der Waals surface area contributed by atoms with Gasteiger partial charge in [-0.2, -0.15) is 0 Å². The van der Waals surface area contributed by atoms with E-state index in [0.29, 0.717) is 25.4 Å². The molecule has 4 rings (SSSR count). The van der Waals surface area contributed by atoms with Crippen LogP contribution in [0.15, 0.2) is 73.1 Å². The molecule has 1 fully saturated rings. The summed E-state index contributed by atoms with van der Waals surface area (Å²) in [5.41, 5.74) is 2.64. The molecular weight excluding hydrogens is 395 g/mol. The number of anilines is 1. The van der Waals surface area contributed by atoms with Gasteiger partial charge in [0, 0.05) is 38.9 Å². The molecule has 0 radical (unpaired) electrons. The highest BCUT2D eigenvalue weighted by Gasteiger charge is 2.21. The van der Waals surface area contributed by atoms with Gasteiger partial charge in [0.15, 0.2) is 0 Å². The normalized spacial score (nSPS) is 14.3. The number of piperazine rings is 1. The summed E-state index contributed by atoms with van der Waals surface area (Å²) in [6.45, 7) is 4.05. The minimum absolute atomic E-state index is 0.0969. The number of amides is 2. The number of hydrogen-bond acceptors (Lipinski definition) is 4. The Bertz CT molecular complexity index is 1010. The lowest BCUT2D eigenvalue weighted by Crippen LogP contribution is -2.49. The van der Waals surface area contributed by atoms with E-state index in [1.807, 2.05) is 35.2 Å². The van der Waals surface area contributed by atoms with E-state index in [1.54, 1.807) is 24.5 Å². The van der Waals surface area contributed by atoms with Gasteiger partial charge in [-0.05, 0) is 47.5 Å². The Morgan fingerprint density at radius 3 is 2.58 bits per heavy atom. The van der Waals surface area contributed by atoms with Crippen LogP contribution in [0.5, 0.6) is 5.75 Å². The van der Waals surface area contributed by atoms with Crippen LogP contribution in [-0.4, -0.2) is 47.0 Å². The van der Waals surface area contributed by atoms with Crippen molar-refractivity contribution in [3.05, 3.63) is 90.0 Å².